The Labute approximate surface area is 242 Å². The predicted molar refractivity (Wildman–Crippen MR) is 160 cm³/mol. The van der Waals surface area contributed by atoms with Crippen LogP contribution in [-0.2, 0) is 0 Å². The van der Waals surface area contributed by atoms with Crippen LogP contribution in [0.4, 0.5) is 12.9 Å². The van der Waals surface area contributed by atoms with Gasteiger partial charge >= 0.3 is 7.54 Å². The SMILES string of the molecule is FB(F)F.[F-].c1ccc(Oc2ccc(-[n+]3c(-c4ccccc4)cc(-c4ccccc4)cc3-c3ccccc3)cc2)cc1. The summed E-state index contributed by atoms with van der Waals surface area (Å²) >= 11 is 0. The lowest BCUT2D eigenvalue weighted by Crippen LogP contribution is -3.00. The molecule has 0 aliphatic heterocycles. The van der Waals surface area contributed by atoms with Crippen LogP contribution in [-0.4, -0.2) is 7.54 Å². The molecule has 6 rings (SSSR count). The van der Waals surface area contributed by atoms with Gasteiger partial charge in [-0.1, -0.05) is 84.9 Å². The predicted octanol–water partition coefficient (Wildman–Crippen LogP) is 6.64. The molecule has 0 aliphatic rings. The minimum absolute atomic E-state index is 0. The average molecular weight is 563 g/mol. The molecule has 0 saturated carbocycles. The third-order valence-corrected chi connectivity index (χ3v) is 6.39. The van der Waals surface area contributed by atoms with Gasteiger partial charge in [0.15, 0.2) is 0 Å². The van der Waals surface area contributed by atoms with E-state index in [1.165, 1.54) is 11.1 Å². The van der Waals surface area contributed by atoms with Crippen LogP contribution >= 0.6 is 0 Å². The lowest BCUT2D eigenvalue weighted by atomic mass is 9.98. The van der Waals surface area contributed by atoms with Gasteiger partial charge in [-0.2, -0.15) is 4.57 Å². The van der Waals surface area contributed by atoms with Crippen molar-refractivity contribution in [1.82, 2.24) is 0 Å². The molecule has 0 spiro atoms. The zero-order valence-corrected chi connectivity index (χ0v) is 22.5. The number of hydrogen-bond donors (Lipinski definition) is 0. The highest BCUT2D eigenvalue weighted by atomic mass is 19.4. The monoisotopic (exact) mass is 563 g/mol. The van der Waals surface area contributed by atoms with Crippen molar-refractivity contribution >= 4 is 7.54 Å². The fourth-order valence-corrected chi connectivity index (χ4v) is 4.60. The van der Waals surface area contributed by atoms with Gasteiger partial charge in [-0.05, 0) is 59.7 Å². The summed E-state index contributed by atoms with van der Waals surface area (Å²) in [6.45, 7) is 0. The molecule has 6 aromatic rings. The Bertz CT molecular complexity index is 1610. The summed E-state index contributed by atoms with van der Waals surface area (Å²) in [5, 5.41) is 0. The largest absolute Gasteiger partial charge is 1.00 e. The molecule has 2 nitrogen and oxygen atoms in total. The maximum Gasteiger partial charge on any atom is 0.762 e. The van der Waals surface area contributed by atoms with E-state index in [1.807, 2.05) is 42.5 Å². The Balaban J connectivity index is 0.000000763. The molecule has 0 fully saturated rings. The maximum atomic E-state index is 9.67. The van der Waals surface area contributed by atoms with Gasteiger partial charge in [0, 0.05) is 35.4 Å². The Kier molecular flexibility index (Phi) is 10.3. The highest BCUT2D eigenvalue weighted by Gasteiger charge is 2.25. The molecule has 208 valence electrons. The molecule has 0 unspecified atom stereocenters. The third-order valence-electron chi connectivity index (χ3n) is 6.39. The van der Waals surface area contributed by atoms with Gasteiger partial charge in [-0.15, -0.1) is 0 Å². The highest BCUT2D eigenvalue weighted by molar-refractivity contribution is 6.33. The second-order valence-corrected chi connectivity index (χ2v) is 9.10. The summed E-state index contributed by atoms with van der Waals surface area (Å²) in [6, 6.07) is 54.5. The van der Waals surface area contributed by atoms with Crippen molar-refractivity contribution in [2.24, 2.45) is 0 Å². The normalized spacial score (nSPS) is 10.1. The van der Waals surface area contributed by atoms with Crippen molar-refractivity contribution in [1.29, 1.82) is 0 Å². The number of rotatable bonds is 6. The zero-order chi connectivity index (χ0) is 28.4. The average Bonchev–Trinajstić information content (AvgIpc) is 3.02. The molecule has 0 aliphatic carbocycles. The van der Waals surface area contributed by atoms with E-state index < -0.39 is 7.54 Å². The fourth-order valence-electron chi connectivity index (χ4n) is 4.60. The number of hydrogen-bond acceptors (Lipinski definition) is 1. The van der Waals surface area contributed by atoms with E-state index in [0.717, 1.165) is 39.7 Å². The van der Waals surface area contributed by atoms with E-state index in [4.69, 9.17) is 4.74 Å². The zero-order valence-electron chi connectivity index (χ0n) is 22.5. The van der Waals surface area contributed by atoms with Crippen LogP contribution in [0, 0.1) is 0 Å². The van der Waals surface area contributed by atoms with Crippen LogP contribution < -0.4 is 14.0 Å². The van der Waals surface area contributed by atoms with Crippen LogP contribution in [0.2, 0.25) is 0 Å². The minimum atomic E-state index is -3.67. The van der Waals surface area contributed by atoms with E-state index >= 15 is 0 Å². The van der Waals surface area contributed by atoms with Crippen molar-refractivity contribution in [3.63, 3.8) is 0 Å². The molecule has 0 amide bonds. The van der Waals surface area contributed by atoms with E-state index in [1.54, 1.807) is 0 Å². The summed E-state index contributed by atoms with van der Waals surface area (Å²) < 4.78 is 37.4. The highest BCUT2D eigenvalue weighted by Crippen LogP contribution is 2.31. The van der Waals surface area contributed by atoms with Gasteiger partial charge in [0.25, 0.3) is 0 Å². The molecule has 42 heavy (non-hydrogen) atoms. The van der Waals surface area contributed by atoms with Gasteiger partial charge < -0.3 is 9.44 Å². The van der Waals surface area contributed by atoms with Crippen LogP contribution in [0.3, 0.4) is 0 Å². The maximum absolute atomic E-state index is 9.67. The van der Waals surface area contributed by atoms with E-state index in [2.05, 4.69) is 120 Å². The molecular weight excluding hydrogens is 537 g/mol. The molecule has 0 atom stereocenters. The number of aromatic nitrogens is 1. The minimum Gasteiger partial charge on any atom is -1.00 e. The first-order chi connectivity index (χ1) is 20.1. The number of benzene rings is 5. The lowest BCUT2D eigenvalue weighted by Gasteiger charge is -2.13. The van der Waals surface area contributed by atoms with Gasteiger partial charge in [-0.3, -0.25) is 12.9 Å². The summed E-state index contributed by atoms with van der Waals surface area (Å²) in [4.78, 5) is 0. The summed E-state index contributed by atoms with van der Waals surface area (Å²) in [7, 11) is -3.67. The fraction of sp³-hybridized carbons (Fsp3) is 0. The van der Waals surface area contributed by atoms with Crippen LogP contribution in [0.15, 0.2) is 158 Å². The molecular formula is C35H26BF4NO. The number of ether oxygens (including phenoxy) is 1. The first-order valence-corrected chi connectivity index (χ1v) is 13.1. The molecule has 5 aromatic carbocycles. The van der Waals surface area contributed by atoms with Gasteiger partial charge in [-0.25, -0.2) is 0 Å². The first-order valence-electron chi connectivity index (χ1n) is 13.1. The number of halogens is 4. The van der Waals surface area contributed by atoms with Crippen LogP contribution in [0.25, 0.3) is 39.3 Å². The van der Waals surface area contributed by atoms with Crippen molar-refractivity contribution < 1.29 is 27.0 Å². The number of para-hydroxylation sites is 1. The summed E-state index contributed by atoms with van der Waals surface area (Å²) in [5.74, 6) is 1.63. The molecule has 1 heterocycles. The lowest BCUT2D eigenvalue weighted by molar-refractivity contribution is -0.572. The van der Waals surface area contributed by atoms with Crippen molar-refractivity contribution in [3.05, 3.63) is 158 Å². The Morgan fingerprint density at radius 1 is 0.429 bits per heavy atom. The molecule has 0 radical (unpaired) electrons. The third kappa shape index (κ3) is 7.52. The Morgan fingerprint density at radius 2 is 0.786 bits per heavy atom. The van der Waals surface area contributed by atoms with Gasteiger partial charge in [0.05, 0.1) is 0 Å². The molecule has 0 N–H and O–H groups in total. The Morgan fingerprint density at radius 3 is 1.21 bits per heavy atom. The van der Waals surface area contributed by atoms with E-state index in [-0.39, 0.29) is 4.70 Å². The second-order valence-electron chi connectivity index (χ2n) is 9.10. The topological polar surface area (TPSA) is 13.1 Å². The quantitative estimate of drug-likeness (QED) is 0.126. The second kappa shape index (κ2) is 14.5. The molecule has 0 bridgehead atoms. The van der Waals surface area contributed by atoms with E-state index in [0.29, 0.717) is 0 Å². The summed E-state index contributed by atoms with van der Waals surface area (Å²) in [6.07, 6.45) is 0. The van der Waals surface area contributed by atoms with Crippen LogP contribution in [0.1, 0.15) is 0 Å². The van der Waals surface area contributed by atoms with Crippen LogP contribution in [0.5, 0.6) is 11.5 Å². The number of pyridine rings is 1. The van der Waals surface area contributed by atoms with Crippen molar-refractivity contribution in [2.45, 2.75) is 0 Å². The number of nitrogens with zero attached hydrogens (tertiary/aromatic N) is 1. The molecule has 7 heteroatoms. The van der Waals surface area contributed by atoms with Gasteiger partial charge in [0.2, 0.25) is 17.1 Å². The molecule has 1 aromatic heterocycles. The first kappa shape index (κ1) is 29.8. The molecule has 0 saturated heterocycles. The Hall–Kier alpha value is -5.17. The van der Waals surface area contributed by atoms with E-state index in [9.17, 15) is 12.9 Å². The van der Waals surface area contributed by atoms with Gasteiger partial charge in [0.1, 0.15) is 11.5 Å². The standard InChI is InChI=1S/C35H26NO.BF3.FH/c1-5-13-27(14-6-1)30-25-34(28-15-7-2-8-16-28)36(35(26-30)29-17-9-3-10-18-29)31-21-23-33(24-22-31)37-32-19-11-4-12-20-32;2-1(3)4;/h1-26H;;1H/q+1;;/p-1. The van der Waals surface area contributed by atoms with Crippen molar-refractivity contribution in [2.75, 3.05) is 0 Å². The summed E-state index contributed by atoms with van der Waals surface area (Å²) in [5.41, 5.74) is 7.99. The van der Waals surface area contributed by atoms with Crippen molar-refractivity contribution in [3.8, 4) is 50.8 Å². The smallest absolute Gasteiger partial charge is 0.762 e.